The van der Waals surface area contributed by atoms with Crippen LogP contribution in [0, 0.1) is 5.92 Å². The first-order chi connectivity index (χ1) is 9.81. The minimum absolute atomic E-state index is 0.523. The van der Waals surface area contributed by atoms with Crippen molar-refractivity contribution >= 4 is 0 Å². The minimum atomic E-state index is 0.523. The van der Waals surface area contributed by atoms with Gasteiger partial charge in [-0.25, -0.2) is 0 Å². The average Bonchev–Trinajstić information content (AvgIpc) is 2.43. The van der Waals surface area contributed by atoms with Crippen LogP contribution in [0.1, 0.15) is 45.1 Å². The van der Waals surface area contributed by atoms with E-state index in [9.17, 15) is 0 Å². The highest BCUT2D eigenvalue weighted by Gasteiger charge is 2.31. The Balaban J connectivity index is 1.79. The molecule has 1 aliphatic rings. The van der Waals surface area contributed by atoms with Gasteiger partial charge in [-0.15, -0.1) is 0 Å². The number of nitrogens with zero attached hydrogens (tertiary/aromatic N) is 1. The van der Waals surface area contributed by atoms with E-state index in [0.29, 0.717) is 12.1 Å². The molecule has 1 atom stereocenters. The van der Waals surface area contributed by atoms with Gasteiger partial charge in [0.2, 0.25) is 0 Å². The molecule has 112 valence electrons. The standard InChI is InChI=1S/C17H28N2O/c1-3-7-19-16(9-14-6-5-8-18-13-14)10-15-11-17(12-15)20-4-2/h5-6,8,13,15-17,19H,3-4,7,9-12H2,1-2H3. The molecule has 1 aromatic rings. The van der Waals surface area contributed by atoms with Gasteiger partial charge in [-0.3, -0.25) is 4.98 Å². The van der Waals surface area contributed by atoms with Crippen molar-refractivity contribution in [3.8, 4) is 0 Å². The van der Waals surface area contributed by atoms with Gasteiger partial charge in [0.15, 0.2) is 0 Å². The van der Waals surface area contributed by atoms with E-state index in [-0.39, 0.29) is 0 Å². The minimum Gasteiger partial charge on any atom is -0.378 e. The Morgan fingerprint density at radius 3 is 2.90 bits per heavy atom. The molecule has 2 rings (SSSR count). The molecule has 0 aromatic carbocycles. The normalized spacial score (nSPS) is 23.3. The maximum Gasteiger partial charge on any atom is 0.0580 e. The molecule has 3 nitrogen and oxygen atoms in total. The summed E-state index contributed by atoms with van der Waals surface area (Å²) >= 11 is 0. The molecule has 0 spiro atoms. The van der Waals surface area contributed by atoms with Gasteiger partial charge in [-0.1, -0.05) is 13.0 Å². The average molecular weight is 276 g/mol. The van der Waals surface area contributed by atoms with Gasteiger partial charge in [0.25, 0.3) is 0 Å². The van der Waals surface area contributed by atoms with Crippen LogP contribution >= 0.6 is 0 Å². The van der Waals surface area contributed by atoms with Gasteiger partial charge in [0.1, 0.15) is 0 Å². The molecule has 0 saturated heterocycles. The maximum absolute atomic E-state index is 5.66. The van der Waals surface area contributed by atoms with Gasteiger partial charge >= 0.3 is 0 Å². The molecule has 1 fully saturated rings. The number of rotatable bonds is 9. The Hall–Kier alpha value is -0.930. The number of pyridine rings is 1. The first kappa shape index (κ1) is 15.5. The molecule has 1 heterocycles. The molecular weight excluding hydrogens is 248 g/mol. The highest BCUT2D eigenvalue weighted by Crippen LogP contribution is 2.34. The number of hydrogen-bond donors (Lipinski definition) is 1. The van der Waals surface area contributed by atoms with Crippen molar-refractivity contribution in [3.05, 3.63) is 30.1 Å². The predicted molar refractivity (Wildman–Crippen MR) is 82.8 cm³/mol. The molecule has 0 aliphatic heterocycles. The molecule has 20 heavy (non-hydrogen) atoms. The topological polar surface area (TPSA) is 34.2 Å². The predicted octanol–water partition coefficient (Wildman–Crippen LogP) is 3.20. The Morgan fingerprint density at radius 1 is 1.40 bits per heavy atom. The molecular formula is C17H28N2O. The van der Waals surface area contributed by atoms with Crippen molar-refractivity contribution in [3.63, 3.8) is 0 Å². The zero-order chi connectivity index (χ0) is 14.2. The van der Waals surface area contributed by atoms with E-state index in [2.05, 4.69) is 30.2 Å². The van der Waals surface area contributed by atoms with Crippen molar-refractivity contribution in [2.75, 3.05) is 13.2 Å². The van der Waals surface area contributed by atoms with Gasteiger partial charge in [-0.2, -0.15) is 0 Å². The lowest BCUT2D eigenvalue weighted by atomic mass is 9.77. The molecule has 1 unspecified atom stereocenters. The molecule has 1 aliphatic carbocycles. The van der Waals surface area contributed by atoms with Crippen molar-refractivity contribution in [1.82, 2.24) is 10.3 Å². The zero-order valence-electron chi connectivity index (χ0n) is 12.8. The zero-order valence-corrected chi connectivity index (χ0v) is 12.8. The first-order valence-corrected chi connectivity index (χ1v) is 8.05. The van der Waals surface area contributed by atoms with E-state index in [1.54, 1.807) is 0 Å². The van der Waals surface area contributed by atoms with Crippen LogP contribution in [-0.4, -0.2) is 30.3 Å². The second kappa shape index (κ2) is 8.38. The summed E-state index contributed by atoms with van der Waals surface area (Å²) in [7, 11) is 0. The van der Waals surface area contributed by atoms with Crippen LogP contribution in [0.3, 0.4) is 0 Å². The number of ether oxygens (including phenoxy) is 1. The van der Waals surface area contributed by atoms with E-state index in [1.165, 1.54) is 31.2 Å². The largest absolute Gasteiger partial charge is 0.378 e. The lowest BCUT2D eigenvalue weighted by Crippen LogP contribution is -2.39. The Kier molecular flexibility index (Phi) is 6.48. The van der Waals surface area contributed by atoms with Crippen LogP contribution in [-0.2, 0) is 11.2 Å². The maximum atomic E-state index is 5.66. The number of nitrogens with one attached hydrogen (secondary N) is 1. The summed E-state index contributed by atoms with van der Waals surface area (Å²) in [6, 6.07) is 4.78. The quantitative estimate of drug-likeness (QED) is 0.752. The van der Waals surface area contributed by atoms with Crippen molar-refractivity contribution in [2.24, 2.45) is 5.92 Å². The Bertz CT molecular complexity index is 363. The summed E-state index contributed by atoms with van der Waals surface area (Å²) in [4.78, 5) is 4.22. The summed E-state index contributed by atoms with van der Waals surface area (Å²) in [6.45, 7) is 6.26. The Labute approximate surface area is 123 Å². The third-order valence-corrected chi connectivity index (χ3v) is 4.10. The number of hydrogen-bond acceptors (Lipinski definition) is 3. The van der Waals surface area contributed by atoms with Crippen LogP contribution in [0.5, 0.6) is 0 Å². The van der Waals surface area contributed by atoms with Crippen LogP contribution in [0.25, 0.3) is 0 Å². The van der Waals surface area contributed by atoms with Crippen molar-refractivity contribution < 1.29 is 4.74 Å². The van der Waals surface area contributed by atoms with Crippen molar-refractivity contribution in [1.29, 1.82) is 0 Å². The second-order valence-electron chi connectivity index (χ2n) is 5.87. The van der Waals surface area contributed by atoms with Gasteiger partial charge < -0.3 is 10.1 Å². The molecule has 1 N–H and O–H groups in total. The van der Waals surface area contributed by atoms with Crippen LogP contribution < -0.4 is 5.32 Å². The summed E-state index contributed by atoms with van der Waals surface area (Å²) in [5.41, 5.74) is 1.33. The van der Waals surface area contributed by atoms with Crippen LogP contribution in [0.4, 0.5) is 0 Å². The molecule has 0 amide bonds. The third-order valence-electron chi connectivity index (χ3n) is 4.10. The van der Waals surface area contributed by atoms with Crippen molar-refractivity contribution in [2.45, 2.75) is 58.1 Å². The summed E-state index contributed by atoms with van der Waals surface area (Å²) in [6.07, 6.45) is 10.4. The molecule has 0 bridgehead atoms. The lowest BCUT2D eigenvalue weighted by Gasteiger charge is -2.37. The molecule has 0 radical (unpaired) electrons. The van der Waals surface area contributed by atoms with Gasteiger partial charge in [-0.05, 0) is 63.1 Å². The second-order valence-corrected chi connectivity index (χ2v) is 5.87. The summed E-state index contributed by atoms with van der Waals surface area (Å²) < 4.78 is 5.66. The smallest absolute Gasteiger partial charge is 0.0580 e. The fraction of sp³-hybridized carbons (Fsp3) is 0.706. The third kappa shape index (κ3) is 4.88. The first-order valence-electron chi connectivity index (χ1n) is 8.05. The molecule has 1 saturated carbocycles. The number of aromatic nitrogens is 1. The van der Waals surface area contributed by atoms with Crippen LogP contribution in [0.15, 0.2) is 24.5 Å². The van der Waals surface area contributed by atoms with E-state index in [4.69, 9.17) is 4.74 Å². The molecule has 3 heteroatoms. The van der Waals surface area contributed by atoms with Crippen LogP contribution in [0.2, 0.25) is 0 Å². The van der Waals surface area contributed by atoms with Gasteiger partial charge in [0, 0.05) is 25.0 Å². The fourth-order valence-corrected chi connectivity index (χ4v) is 3.03. The summed E-state index contributed by atoms with van der Waals surface area (Å²) in [5.74, 6) is 0.831. The fourth-order valence-electron chi connectivity index (χ4n) is 3.03. The lowest BCUT2D eigenvalue weighted by molar-refractivity contribution is -0.0290. The Morgan fingerprint density at radius 2 is 2.25 bits per heavy atom. The van der Waals surface area contributed by atoms with Gasteiger partial charge in [0.05, 0.1) is 6.10 Å². The molecule has 1 aromatic heterocycles. The monoisotopic (exact) mass is 276 g/mol. The van der Waals surface area contributed by atoms with E-state index in [1.807, 2.05) is 18.5 Å². The SMILES string of the molecule is CCCNC(Cc1cccnc1)CC1CC(OCC)C1. The highest BCUT2D eigenvalue weighted by molar-refractivity contribution is 5.10. The van der Waals surface area contributed by atoms with E-state index in [0.717, 1.165) is 25.5 Å². The van der Waals surface area contributed by atoms with E-state index >= 15 is 0 Å². The summed E-state index contributed by atoms with van der Waals surface area (Å²) in [5, 5.41) is 3.70. The highest BCUT2D eigenvalue weighted by atomic mass is 16.5. The van der Waals surface area contributed by atoms with E-state index < -0.39 is 0 Å².